The van der Waals surface area contributed by atoms with Gasteiger partial charge in [0.15, 0.2) is 5.78 Å². The van der Waals surface area contributed by atoms with Crippen molar-refractivity contribution < 1.29 is 4.79 Å². The highest BCUT2D eigenvalue weighted by Gasteiger charge is 2.14. The molecule has 0 saturated heterocycles. The molecule has 0 bridgehead atoms. The molecule has 0 aliphatic rings. The lowest BCUT2D eigenvalue weighted by Gasteiger charge is -2.14. The number of carbonyl (C=O) groups is 1. The fraction of sp³-hybridized carbons (Fsp3) is 0.400. The van der Waals surface area contributed by atoms with E-state index in [0.717, 1.165) is 22.3 Å². The third-order valence-electron chi connectivity index (χ3n) is 2.84. The molecule has 0 unspecified atom stereocenters. The number of allylic oxidation sites excluding steroid dienone is 2. The molecule has 2 heteroatoms. The number of aryl methyl sites for hydroxylation is 1. The van der Waals surface area contributed by atoms with Crippen molar-refractivity contribution in [1.82, 2.24) is 0 Å². The second-order valence-electron chi connectivity index (χ2n) is 4.77. The number of halogens is 1. The first-order valence-corrected chi connectivity index (χ1v) is 6.20. The number of benzene rings is 1. The molecular weight excluding hydrogens is 232 g/mol. The van der Waals surface area contributed by atoms with Crippen LogP contribution in [0.1, 0.15) is 38.8 Å². The van der Waals surface area contributed by atoms with Crippen LogP contribution in [-0.4, -0.2) is 5.78 Å². The van der Waals surface area contributed by atoms with E-state index in [0.29, 0.717) is 5.02 Å². The predicted molar refractivity (Wildman–Crippen MR) is 74.3 cm³/mol. The molecule has 0 spiro atoms. The number of carbonyl (C=O) groups excluding carboxylic acids is 1. The fourth-order valence-electron chi connectivity index (χ4n) is 2.21. The minimum absolute atomic E-state index is 0.134. The summed E-state index contributed by atoms with van der Waals surface area (Å²) in [7, 11) is 0. The van der Waals surface area contributed by atoms with Gasteiger partial charge in [0.1, 0.15) is 0 Å². The van der Waals surface area contributed by atoms with Gasteiger partial charge in [0.05, 0.1) is 0 Å². The lowest BCUT2D eigenvalue weighted by Crippen LogP contribution is -2.06. The van der Waals surface area contributed by atoms with Crippen LogP contribution >= 0.6 is 11.6 Å². The Labute approximate surface area is 108 Å². The van der Waals surface area contributed by atoms with E-state index in [-0.39, 0.29) is 11.7 Å². The molecule has 0 aliphatic heterocycles. The van der Waals surface area contributed by atoms with Crippen LogP contribution in [0.15, 0.2) is 23.8 Å². The zero-order chi connectivity index (χ0) is 13.2. The maximum Gasteiger partial charge on any atom is 0.156 e. The fourth-order valence-corrected chi connectivity index (χ4v) is 2.50. The van der Waals surface area contributed by atoms with Gasteiger partial charge < -0.3 is 0 Å². The van der Waals surface area contributed by atoms with Gasteiger partial charge in [-0.05, 0) is 55.5 Å². The molecule has 0 atom stereocenters. The first-order valence-electron chi connectivity index (χ1n) is 5.82. The summed E-state index contributed by atoms with van der Waals surface area (Å²) in [5, 5.41) is 0.714. The monoisotopic (exact) mass is 250 g/mol. The largest absolute Gasteiger partial charge is 0.295 e. The molecular formula is C15H19ClO. The summed E-state index contributed by atoms with van der Waals surface area (Å²) in [6.45, 7) is 9.69. The molecule has 1 nitrogen and oxygen atoms in total. The quantitative estimate of drug-likeness (QED) is 0.713. The minimum atomic E-state index is 0.134. The van der Waals surface area contributed by atoms with E-state index in [1.165, 1.54) is 0 Å². The van der Waals surface area contributed by atoms with Crippen LogP contribution < -0.4 is 0 Å². The van der Waals surface area contributed by atoms with Crippen LogP contribution in [0, 0.1) is 12.8 Å². The lowest BCUT2D eigenvalue weighted by molar-refractivity contribution is -0.113. The van der Waals surface area contributed by atoms with Gasteiger partial charge in [-0.1, -0.05) is 31.5 Å². The molecule has 1 aromatic carbocycles. The van der Waals surface area contributed by atoms with Gasteiger partial charge in [0.2, 0.25) is 0 Å². The van der Waals surface area contributed by atoms with Gasteiger partial charge in [0.25, 0.3) is 0 Å². The van der Waals surface area contributed by atoms with Crippen molar-refractivity contribution in [1.29, 1.82) is 0 Å². The summed E-state index contributed by atoms with van der Waals surface area (Å²) < 4.78 is 0. The third kappa shape index (κ3) is 3.44. The Morgan fingerprint density at radius 1 is 1.18 bits per heavy atom. The summed E-state index contributed by atoms with van der Waals surface area (Å²) in [5.74, 6) is 0.363. The maximum atomic E-state index is 11.7. The molecule has 17 heavy (non-hydrogen) atoms. The van der Waals surface area contributed by atoms with E-state index in [9.17, 15) is 4.79 Å². The topological polar surface area (TPSA) is 17.1 Å². The van der Waals surface area contributed by atoms with Crippen LogP contribution in [0.25, 0.3) is 5.57 Å². The summed E-state index contributed by atoms with van der Waals surface area (Å²) in [5.41, 5.74) is 4.05. The van der Waals surface area contributed by atoms with Crippen LogP contribution in [0.3, 0.4) is 0 Å². The Bertz CT molecular complexity index is 450. The van der Waals surface area contributed by atoms with Gasteiger partial charge in [0, 0.05) is 10.6 Å². The van der Waals surface area contributed by atoms with Gasteiger partial charge in [-0.2, -0.15) is 0 Å². The molecule has 0 fully saturated rings. The summed E-state index contributed by atoms with van der Waals surface area (Å²) >= 11 is 6.05. The smallest absolute Gasteiger partial charge is 0.156 e. The zero-order valence-electron chi connectivity index (χ0n) is 11.1. The zero-order valence-corrected chi connectivity index (χ0v) is 11.9. The van der Waals surface area contributed by atoms with E-state index in [1.807, 2.05) is 39.8 Å². The molecule has 0 N–H and O–H groups in total. The Kier molecular flexibility index (Phi) is 4.53. The van der Waals surface area contributed by atoms with Crippen LogP contribution in [-0.2, 0) is 4.79 Å². The summed E-state index contributed by atoms with van der Waals surface area (Å²) in [4.78, 5) is 11.7. The Hall–Kier alpha value is -1.08. The Morgan fingerprint density at radius 3 is 2.18 bits per heavy atom. The molecule has 0 amide bonds. The molecule has 0 aromatic heterocycles. The Balaban J connectivity index is 3.38. The molecule has 1 aromatic rings. The van der Waals surface area contributed by atoms with Crippen LogP contribution in [0.2, 0.25) is 5.02 Å². The molecule has 1 rings (SSSR count). The second kappa shape index (κ2) is 5.50. The summed E-state index contributed by atoms with van der Waals surface area (Å²) in [6, 6.07) is 5.89. The van der Waals surface area contributed by atoms with E-state index in [4.69, 9.17) is 11.6 Å². The van der Waals surface area contributed by atoms with E-state index in [2.05, 4.69) is 6.07 Å². The highest BCUT2D eigenvalue weighted by atomic mass is 35.5. The lowest BCUT2D eigenvalue weighted by atomic mass is 9.90. The molecule has 0 aliphatic carbocycles. The highest BCUT2D eigenvalue weighted by molar-refractivity contribution is 6.30. The van der Waals surface area contributed by atoms with E-state index < -0.39 is 0 Å². The number of Topliss-reactive ketones (excluding diaryl/α,β-unsaturated/α-hetero) is 1. The van der Waals surface area contributed by atoms with Gasteiger partial charge in [-0.15, -0.1) is 0 Å². The highest BCUT2D eigenvalue weighted by Crippen LogP contribution is 2.27. The van der Waals surface area contributed by atoms with Crippen molar-refractivity contribution in [2.45, 2.75) is 34.6 Å². The first kappa shape index (κ1) is 14.0. The minimum Gasteiger partial charge on any atom is -0.295 e. The molecule has 0 heterocycles. The van der Waals surface area contributed by atoms with Gasteiger partial charge in [-0.3, -0.25) is 4.79 Å². The van der Waals surface area contributed by atoms with Crippen molar-refractivity contribution in [2.75, 3.05) is 0 Å². The predicted octanol–water partition coefficient (Wildman–Crippen LogP) is 4.67. The Morgan fingerprint density at radius 2 is 1.76 bits per heavy atom. The maximum absolute atomic E-state index is 11.7. The third-order valence-corrected chi connectivity index (χ3v) is 3.05. The van der Waals surface area contributed by atoms with Gasteiger partial charge in [-0.25, -0.2) is 0 Å². The first-order chi connectivity index (χ1) is 7.82. The normalized spacial score (nSPS) is 12.6. The van der Waals surface area contributed by atoms with E-state index >= 15 is 0 Å². The average Bonchev–Trinajstić information content (AvgIpc) is 2.14. The van der Waals surface area contributed by atoms with Crippen molar-refractivity contribution in [3.63, 3.8) is 0 Å². The number of hydrogen-bond donors (Lipinski definition) is 0. The van der Waals surface area contributed by atoms with Crippen LogP contribution in [0.4, 0.5) is 0 Å². The average molecular weight is 251 g/mol. The van der Waals surface area contributed by atoms with Gasteiger partial charge >= 0.3 is 0 Å². The van der Waals surface area contributed by atoms with Crippen molar-refractivity contribution >= 4 is 23.0 Å². The molecule has 92 valence electrons. The molecule has 0 saturated carbocycles. The number of hydrogen-bond acceptors (Lipinski definition) is 1. The second-order valence-corrected chi connectivity index (χ2v) is 5.20. The van der Waals surface area contributed by atoms with Crippen molar-refractivity contribution in [3.8, 4) is 0 Å². The summed E-state index contributed by atoms with van der Waals surface area (Å²) in [6.07, 6.45) is 0. The van der Waals surface area contributed by atoms with Crippen molar-refractivity contribution in [3.05, 3.63) is 39.9 Å². The van der Waals surface area contributed by atoms with Crippen LogP contribution in [0.5, 0.6) is 0 Å². The van der Waals surface area contributed by atoms with Crippen molar-refractivity contribution in [2.24, 2.45) is 5.92 Å². The SMILES string of the molecule is CC(=O)/C(=C(\C)c1cc(C)cc(Cl)c1)C(C)C. The molecule has 0 radical (unpaired) electrons. The standard InChI is InChI=1S/C15H19ClO/c1-9(2)15(12(5)17)11(4)13-6-10(3)7-14(16)8-13/h6-9H,1-5H3/b15-11+. The number of rotatable bonds is 3. The number of ketones is 1. The van der Waals surface area contributed by atoms with E-state index in [1.54, 1.807) is 6.92 Å².